The number of hydrogen-bond donors (Lipinski definition) is 0. The molecule has 0 aliphatic carbocycles. The highest BCUT2D eigenvalue weighted by Gasteiger charge is 2.27. The number of nitrogens with zero attached hydrogens (tertiary/aromatic N) is 3. The number of aryl methyl sites for hydroxylation is 2. The molecule has 1 aliphatic rings. The second-order valence-corrected chi connectivity index (χ2v) is 6.45. The smallest absolute Gasteiger partial charge is 0.409 e. The van der Waals surface area contributed by atoms with E-state index in [1.54, 1.807) is 24.9 Å². The van der Waals surface area contributed by atoms with Crippen LogP contribution in [0.4, 0.5) is 4.79 Å². The van der Waals surface area contributed by atoms with Crippen molar-refractivity contribution in [3.05, 3.63) is 44.6 Å². The molecule has 134 valence electrons. The normalized spacial score (nSPS) is 15.6. The lowest BCUT2D eigenvalue weighted by atomic mass is 10.0. The van der Waals surface area contributed by atoms with Gasteiger partial charge >= 0.3 is 11.8 Å². The standard InChI is InChI=1S/C18H23N3O4/c1-4-25-18(24)20-9-7-13(8-10-20)21-16(22)14-11-12(2)5-6-15(14)19(3)17(21)23/h5-6,11,13H,4,7-10H2,1-3H3. The minimum absolute atomic E-state index is 0.207. The number of benzene rings is 1. The van der Waals surface area contributed by atoms with Crippen molar-refractivity contribution < 1.29 is 9.53 Å². The van der Waals surface area contributed by atoms with Gasteiger partial charge in [0.15, 0.2) is 0 Å². The molecule has 1 aliphatic heterocycles. The predicted octanol–water partition coefficient (Wildman–Crippen LogP) is 1.80. The van der Waals surface area contributed by atoms with Crippen molar-refractivity contribution in [3.63, 3.8) is 0 Å². The zero-order valence-corrected chi connectivity index (χ0v) is 14.8. The third-order valence-corrected chi connectivity index (χ3v) is 4.81. The molecule has 7 nitrogen and oxygen atoms in total. The number of amides is 1. The van der Waals surface area contributed by atoms with Crippen molar-refractivity contribution in [3.8, 4) is 0 Å². The molecule has 0 atom stereocenters. The Kier molecular flexibility index (Phi) is 4.65. The van der Waals surface area contributed by atoms with E-state index in [9.17, 15) is 14.4 Å². The molecule has 1 saturated heterocycles. The molecule has 2 aromatic rings. The summed E-state index contributed by atoms with van der Waals surface area (Å²) in [5.74, 6) is 0. The van der Waals surface area contributed by atoms with Gasteiger partial charge < -0.3 is 9.64 Å². The molecule has 0 radical (unpaired) electrons. The van der Waals surface area contributed by atoms with Gasteiger partial charge in [-0.2, -0.15) is 0 Å². The van der Waals surface area contributed by atoms with E-state index in [0.29, 0.717) is 43.4 Å². The SMILES string of the molecule is CCOC(=O)N1CCC(n2c(=O)c3cc(C)ccc3n(C)c2=O)CC1. The fraction of sp³-hybridized carbons (Fsp3) is 0.500. The summed E-state index contributed by atoms with van der Waals surface area (Å²) in [4.78, 5) is 39.1. The highest BCUT2D eigenvalue weighted by atomic mass is 16.6. The largest absolute Gasteiger partial charge is 0.450 e. The van der Waals surface area contributed by atoms with Crippen LogP contribution >= 0.6 is 0 Å². The van der Waals surface area contributed by atoms with Crippen molar-refractivity contribution in [1.82, 2.24) is 14.0 Å². The minimum Gasteiger partial charge on any atom is -0.450 e. The third-order valence-electron chi connectivity index (χ3n) is 4.81. The summed E-state index contributed by atoms with van der Waals surface area (Å²) >= 11 is 0. The Morgan fingerprint density at radius 3 is 2.56 bits per heavy atom. The molecule has 0 saturated carbocycles. The number of likely N-dealkylation sites (tertiary alicyclic amines) is 1. The Balaban J connectivity index is 1.96. The first kappa shape index (κ1) is 17.3. The van der Waals surface area contributed by atoms with Crippen LogP contribution in [0.5, 0.6) is 0 Å². The van der Waals surface area contributed by atoms with E-state index < -0.39 is 0 Å². The van der Waals surface area contributed by atoms with Crippen LogP contribution in [-0.4, -0.2) is 39.8 Å². The van der Waals surface area contributed by atoms with Gasteiger partial charge in [-0.05, 0) is 38.8 Å². The summed E-state index contributed by atoms with van der Waals surface area (Å²) in [6, 6.07) is 5.31. The molecule has 1 aromatic carbocycles. The van der Waals surface area contributed by atoms with Gasteiger partial charge in [0.2, 0.25) is 0 Å². The maximum absolute atomic E-state index is 12.9. The summed E-state index contributed by atoms with van der Waals surface area (Å²) in [5, 5.41) is 0.551. The zero-order chi connectivity index (χ0) is 18.1. The summed E-state index contributed by atoms with van der Waals surface area (Å²) in [5.41, 5.74) is 1.06. The van der Waals surface area contributed by atoms with Crippen LogP contribution in [0.25, 0.3) is 10.9 Å². The van der Waals surface area contributed by atoms with Gasteiger partial charge in [-0.15, -0.1) is 0 Å². The first-order chi connectivity index (χ1) is 11.9. The molecular weight excluding hydrogens is 322 g/mol. The average molecular weight is 345 g/mol. The van der Waals surface area contributed by atoms with Crippen LogP contribution < -0.4 is 11.2 Å². The lowest BCUT2D eigenvalue weighted by Gasteiger charge is -2.32. The molecule has 3 rings (SSSR count). The fourth-order valence-electron chi connectivity index (χ4n) is 3.44. The van der Waals surface area contributed by atoms with E-state index in [0.717, 1.165) is 5.56 Å². The minimum atomic E-state index is -0.338. The second-order valence-electron chi connectivity index (χ2n) is 6.45. The van der Waals surface area contributed by atoms with E-state index in [2.05, 4.69) is 0 Å². The van der Waals surface area contributed by atoms with Crippen molar-refractivity contribution in [1.29, 1.82) is 0 Å². The lowest BCUT2D eigenvalue weighted by Crippen LogP contribution is -2.46. The van der Waals surface area contributed by atoms with Crippen LogP contribution in [-0.2, 0) is 11.8 Å². The van der Waals surface area contributed by atoms with Crippen LogP contribution in [0.3, 0.4) is 0 Å². The molecule has 1 amide bonds. The average Bonchev–Trinajstić information content (AvgIpc) is 2.61. The number of aromatic nitrogens is 2. The summed E-state index contributed by atoms with van der Waals surface area (Å²) in [7, 11) is 1.68. The number of carbonyl (C=O) groups is 1. The predicted molar refractivity (Wildman–Crippen MR) is 95.1 cm³/mol. The summed E-state index contributed by atoms with van der Waals surface area (Å²) in [6.07, 6.45) is 0.784. The Hall–Kier alpha value is -2.57. The van der Waals surface area contributed by atoms with Gasteiger partial charge in [-0.3, -0.25) is 13.9 Å². The number of piperidine rings is 1. The highest BCUT2D eigenvalue weighted by Crippen LogP contribution is 2.21. The first-order valence-electron chi connectivity index (χ1n) is 8.57. The first-order valence-corrected chi connectivity index (χ1v) is 8.57. The van der Waals surface area contributed by atoms with Gasteiger partial charge in [0.1, 0.15) is 0 Å². The molecule has 0 spiro atoms. The molecule has 0 bridgehead atoms. The number of hydrogen-bond acceptors (Lipinski definition) is 4. The molecule has 1 fully saturated rings. The second kappa shape index (κ2) is 6.74. The van der Waals surface area contributed by atoms with Gasteiger partial charge in [0, 0.05) is 26.2 Å². The van der Waals surface area contributed by atoms with Crippen molar-refractivity contribution >= 4 is 17.0 Å². The van der Waals surface area contributed by atoms with Crippen LogP contribution in [0.15, 0.2) is 27.8 Å². The van der Waals surface area contributed by atoms with E-state index in [1.807, 2.05) is 19.1 Å². The third kappa shape index (κ3) is 3.06. The van der Waals surface area contributed by atoms with E-state index in [4.69, 9.17) is 4.74 Å². The number of carbonyl (C=O) groups excluding carboxylic acids is 1. The zero-order valence-electron chi connectivity index (χ0n) is 14.8. The lowest BCUT2D eigenvalue weighted by molar-refractivity contribution is 0.0919. The molecule has 2 heterocycles. The number of rotatable bonds is 2. The van der Waals surface area contributed by atoms with Crippen molar-refractivity contribution in [2.75, 3.05) is 19.7 Å². The van der Waals surface area contributed by atoms with Crippen LogP contribution in [0, 0.1) is 6.92 Å². The Bertz CT molecular complexity index is 920. The van der Waals surface area contributed by atoms with Crippen molar-refractivity contribution in [2.24, 2.45) is 7.05 Å². The van der Waals surface area contributed by atoms with E-state index in [-0.39, 0.29) is 23.4 Å². The van der Waals surface area contributed by atoms with Crippen molar-refractivity contribution in [2.45, 2.75) is 32.7 Å². The number of fused-ring (bicyclic) bond motifs is 1. The fourth-order valence-corrected chi connectivity index (χ4v) is 3.44. The van der Waals surface area contributed by atoms with Gasteiger partial charge in [0.25, 0.3) is 5.56 Å². The topological polar surface area (TPSA) is 73.5 Å². The monoisotopic (exact) mass is 345 g/mol. The van der Waals surface area contributed by atoms with Crippen LogP contribution in [0.1, 0.15) is 31.4 Å². The maximum atomic E-state index is 12.9. The van der Waals surface area contributed by atoms with Crippen LogP contribution in [0.2, 0.25) is 0 Å². The Morgan fingerprint density at radius 1 is 1.24 bits per heavy atom. The number of ether oxygens (including phenoxy) is 1. The maximum Gasteiger partial charge on any atom is 0.409 e. The molecule has 0 unspecified atom stereocenters. The molecule has 0 N–H and O–H groups in total. The molecule has 1 aromatic heterocycles. The molecule has 7 heteroatoms. The molecular formula is C18H23N3O4. The summed E-state index contributed by atoms with van der Waals surface area (Å²) in [6.45, 7) is 4.98. The van der Waals surface area contributed by atoms with E-state index in [1.165, 1.54) is 9.13 Å². The quantitative estimate of drug-likeness (QED) is 0.832. The Morgan fingerprint density at radius 2 is 1.92 bits per heavy atom. The van der Waals surface area contributed by atoms with E-state index >= 15 is 0 Å². The van der Waals surface area contributed by atoms with Gasteiger partial charge in [0.05, 0.1) is 17.5 Å². The summed E-state index contributed by atoms with van der Waals surface area (Å²) < 4.78 is 7.89. The highest BCUT2D eigenvalue weighted by molar-refractivity contribution is 5.78. The Labute approximate surface area is 145 Å². The van der Waals surface area contributed by atoms with Gasteiger partial charge in [-0.25, -0.2) is 9.59 Å². The molecule has 25 heavy (non-hydrogen) atoms. The van der Waals surface area contributed by atoms with Gasteiger partial charge in [-0.1, -0.05) is 11.6 Å².